The molecule has 1 aliphatic rings. The molecule has 5 nitrogen and oxygen atoms in total. The SMILES string of the molecule is CC(C)c1ccc(OCC(=O)NCC(c2ccc(C(C)C)cc2)N2CCOCC2)cc1. The summed E-state index contributed by atoms with van der Waals surface area (Å²) in [5, 5.41) is 3.07. The Morgan fingerprint density at radius 3 is 1.97 bits per heavy atom. The van der Waals surface area contributed by atoms with E-state index >= 15 is 0 Å². The van der Waals surface area contributed by atoms with Gasteiger partial charge in [0.15, 0.2) is 6.61 Å². The summed E-state index contributed by atoms with van der Waals surface area (Å²) < 4.78 is 11.2. The number of amides is 1. The molecule has 168 valence electrons. The molecule has 31 heavy (non-hydrogen) atoms. The summed E-state index contributed by atoms with van der Waals surface area (Å²) in [5.74, 6) is 1.59. The summed E-state index contributed by atoms with van der Waals surface area (Å²) in [6.07, 6.45) is 0. The lowest BCUT2D eigenvalue weighted by Crippen LogP contribution is -2.44. The first-order valence-corrected chi connectivity index (χ1v) is 11.3. The van der Waals surface area contributed by atoms with Gasteiger partial charge in [0.1, 0.15) is 5.75 Å². The fraction of sp³-hybridized carbons (Fsp3) is 0.500. The highest BCUT2D eigenvalue weighted by atomic mass is 16.5. The molecule has 1 atom stereocenters. The van der Waals surface area contributed by atoms with E-state index in [9.17, 15) is 4.79 Å². The molecule has 1 saturated heterocycles. The maximum atomic E-state index is 12.5. The van der Waals surface area contributed by atoms with Gasteiger partial charge in [0.2, 0.25) is 0 Å². The average Bonchev–Trinajstić information content (AvgIpc) is 2.79. The second kappa shape index (κ2) is 11.3. The molecule has 2 aromatic carbocycles. The monoisotopic (exact) mass is 424 g/mol. The van der Waals surface area contributed by atoms with Crippen LogP contribution in [0, 0.1) is 0 Å². The Kier molecular flexibility index (Phi) is 8.50. The van der Waals surface area contributed by atoms with Gasteiger partial charge in [-0.25, -0.2) is 0 Å². The molecule has 1 fully saturated rings. The van der Waals surface area contributed by atoms with Crippen LogP contribution in [0.15, 0.2) is 48.5 Å². The van der Waals surface area contributed by atoms with E-state index in [4.69, 9.17) is 9.47 Å². The van der Waals surface area contributed by atoms with Crippen molar-refractivity contribution in [1.82, 2.24) is 10.2 Å². The van der Waals surface area contributed by atoms with Crippen LogP contribution in [-0.4, -0.2) is 50.3 Å². The van der Waals surface area contributed by atoms with Crippen LogP contribution in [0.4, 0.5) is 0 Å². The Labute approximate surface area is 186 Å². The molecule has 2 aromatic rings. The summed E-state index contributed by atoms with van der Waals surface area (Å²) in [4.78, 5) is 14.9. The van der Waals surface area contributed by atoms with Crippen molar-refractivity contribution >= 4 is 5.91 Å². The van der Waals surface area contributed by atoms with Crippen LogP contribution in [0.25, 0.3) is 0 Å². The minimum atomic E-state index is -0.106. The molecular weight excluding hydrogens is 388 g/mol. The number of benzene rings is 2. The van der Waals surface area contributed by atoms with Crippen LogP contribution in [-0.2, 0) is 9.53 Å². The standard InChI is InChI=1S/C26H36N2O3/c1-19(2)21-5-7-23(8-6-21)25(28-13-15-30-16-14-28)17-27-26(29)18-31-24-11-9-22(10-12-24)20(3)4/h5-12,19-20,25H,13-18H2,1-4H3,(H,27,29). The Bertz CT molecular complexity index is 810. The smallest absolute Gasteiger partial charge is 0.258 e. The van der Waals surface area contributed by atoms with Crippen LogP contribution in [0.5, 0.6) is 5.75 Å². The van der Waals surface area contributed by atoms with Crippen molar-refractivity contribution in [3.8, 4) is 5.75 Å². The van der Waals surface area contributed by atoms with Crippen LogP contribution in [0.1, 0.15) is 62.3 Å². The average molecular weight is 425 g/mol. The van der Waals surface area contributed by atoms with Crippen molar-refractivity contribution < 1.29 is 14.3 Å². The number of hydrogen-bond acceptors (Lipinski definition) is 4. The Morgan fingerprint density at radius 1 is 0.903 bits per heavy atom. The van der Waals surface area contributed by atoms with Crippen LogP contribution in [0.3, 0.4) is 0 Å². The fourth-order valence-corrected chi connectivity index (χ4v) is 3.81. The zero-order valence-corrected chi connectivity index (χ0v) is 19.3. The second-order valence-electron chi connectivity index (χ2n) is 8.80. The van der Waals surface area contributed by atoms with E-state index in [-0.39, 0.29) is 18.6 Å². The molecule has 0 spiro atoms. The minimum Gasteiger partial charge on any atom is -0.484 e. The maximum Gasteiger partial charge on any atom is 0.258 e. The predicted octanol–water partition coefficient (Wildman–Crippen LogP) is 4.50. The molecule has 0 radical (unpaired) electrons. The molecule has 0 aromatic heterocycles. The molecule has 1 aliphatic heterocycles. The maximum absolute atomic E-state index is 12.5. The van der Waals surface area contributed by atoms with Crippen molar-refractivity contribution in [1.29, 1.82) is 0 Å². The van der Waals surface area contributed by atoms with Gasteiger partial charge in [0, 0.05) is 19.6 Å². The lowest BCUT2D eigenvalue weighted by Gasteiger charge is -2.35. The largest absolute Gasteiger partial charge is 0.484 e. The van der Waals surface area contributed by atoms with Crippen molar-refractivity contribution in [3.63, 3.8) is 0 Å². The van der Waals surface area contributed by atoms with Gasteiger partial charge in [-0.15, -0.1) is 0 Å². The minimum absolute atomic E-state index is 0.0170. The van der Waals surface area contributed by atoms with Crippen molar-refractivity contribution in [2.75, 3.05) is 39.5 Å². The van der Waals surface area contributed by atoms with E-state index in [0.29, 0.717) is 24.1 Å². The second-order valence-corrected chi connectivity index (χ2v) is 8.80. The highest BCUT2D eigenvalue weighted by Crippen LogP contribution is 2.24. The number of nitrogens with one attached hydrogen (secondary N) is 1. The quantitative estimate of drug-likeness (QED) is 0.644. The lowest BCUT2D eigenvalue weighted by atomic mass is 9.98. The fourth-order valence-electron chi connectivity index (χ4n) is 3.81. The number of morpholine rings is 1. The summed E-state index contributed by atoms with van der Waals surface area (Å²) in [5.41, 5.74) is 3.80. The molecule has 1 N–H and O–H groups in total. The first kappa shape index (κ1) is 23.3. The number of nitrogens with zero attached hydrogens (tertiary/aromatic N) is 1. The number of ether oxygens (including phenoxy) is 2. The van der Waals surface area contributed by atoms with Gasteiger partial charge in [-0.3, -0.25) is 9.69 Å². The molecule has 1 unspecified atom stereocenters. The predicted molar refractivity (Wildman–Crippen MR) is 125 cm³/mol. The molecule has 1 heterocycles. The third kappa shape index (κ3) is 6.81. The summed E-state index contributed by atoms with van der Waals surface area (Å²) in [6.45, 7) is 12.5. The number of rotatable bonds is 9. The van der Waals surface area contributed by atoms with E-state index in [1.807, 2.05) is 24.3 Å². The highest BCUT2D eigenvalue weighted by molar-refractivity contribution is 5.77. The molecule has 0 saturated carbocycles. The van der Waals surface area contributed by atoms with Gasteiger partial charge in [0.05, 0.1) is 19.3 Å². The van der Waals surface area contributed by atoms with Gasteiger partial charge >= 0.3 is 0 Å². The Hall–Kier alpha value is -2.37. The van der Waals surface area contributed by atoms with Crippen molar-refractivity contribution in [2.45, 2.75) is 45.6 Å². The normalized spacial score (nSPS) is 15.8. The zero-order valence-electron chi connectivity index (χ0n) is 19.3. The summed E-state index contributed by atoms with van der Waals surface area (Å²) in [6, 6.07) is 16.8. The van der Waals surface area contributed by atoms with E-state index in [0.717, 1.165) is 26.3 Å². The molecule has 3 rings (SSSR count). The third-order valence-electron chi connectivity index (χ3n) is 5.88. The van der Waals surface area contributed by atoms with Crippen LogP contribution in [0.2, 0.25) is 0 Å². The zero-order chi connectivity index (χ0) is 22.2. The number of hydrogen-bond donors (Lipinski definition) is 1. The Morgan fingerprint density at radius 2 is 1.42 bits per heavy atom. The highest BCUT2D eigenvalue weighted by Gasteiger charge is 2.23. The number of carbonyl (C=O) groups excluding carboxylic acids is 1. The van der Waals surface area contributed by atoms with Crippen molar-refractivity contribution in [2.24, 2.45) is 0 Å². The first-order valence-electron chi connectivity index (χ1n) is 11.3. The molecule has 0 aliphatic carbocycles. The molecular formula is C26H36N2O3. The van der Waals surface area contributed by atoms with Gasteiger partial charge in [-0.2, -0.15) is 0 Å². The lowest BCUT2D eigenvalue weighted by molar-refractivity contribution is -0.123. The van der Waals surface area contributed by atoms with Gasteiger partial charge < -0.3 is 14.8 Å². The van der Waals surface area contributed by atoms with Crippen LogP contribution < -0.4 is 10.1 Å². The van der Waals surface area contributed by atoms with E-state index in [2.05, 4.69) is 62.2 Å². The third-order valence-corrected chi connectivity index (χ3v) is 5.88. The molecule has 0 bridgehead atoms. The van der Waals surface area contributed by atoms with Gasteiger partial charge in [-0.05, 0) is 40.7 Å². The molecule has 5 heteroatoms. The van der Waals surface area contributed by atoms with Gasteiger partial charge in [-0.1, -0.05) is 64.1 Å². The first-order chi connectivity index (χ1) is 14.9. The summed E-state index contributed by atoms with van der Waals surface area (Å²) >= 11 is 0. The van der Waals surface area contributed by atoms with E-state index in [1.54, 1.807) is 0 Å². The van der Waals surface area contributed by atoms with Gasteiger partial charge in [0.25, 0.3) is 5.91 Å². The number of carbonyl (C=O) groups is 1. The van der Waals surface area contributed by atoms with Crippen LogP contribution >= 0.6 is 0 Å². The van der Waals surface area contributed by atoms with E-state index in [1.165, 1.54) is 16.7 Å². The Balaban J connectivity index is 1.58. The topological polar surface area (TPSA) is 50.8 Å². The van der Waals surface area contributed by atoms with E-state index < -0.39 is 0 Å². The van der Waals surface area contributed by atoms with Crippen molar-refractivity contribution in [3.05, 3.63) is 65.2 Å². The molecule has 1 amide bonds. The summed E-state index contributed by atoms with van der Waals surface area (Å²) in [7, 11) is 0.